The van der Waals surface area contributed by atoms with E-state index in [1.807, 2.05) is 0 Å². The van der Waals surface area contributed by atoms with Crippen LogP contribution in [0.2, 0.25) is 0 Å². The predicted molar refractivity (Wildman–Crippen MR) is 96.0 cm³/mol. The van der Waals surface area contributed by atoms with Gasteiger partial charge in [0.2, 0.25) is 10.0 Å². The van der Waals surface area contributed by atoms with Gasteiger partial charge in [-0.05, 0) is 43.8 Å². The minimum Gasteiger partial charge on any atom is -0.465 e. The molecule has 0 spiro atoms. The molecule has 2 aromatic rings. The van der Waals surface area contributed by atoms with E-state index in [1.165, 1.54) is 63.5 Å². The molecule has 2 N–H and O–H groups in total. The van der Waals surface area contributed by atoms with E-state index in [4.69, 9.17) is 0 Å². The van der Waals surface area contributed by atoms with Gasteiger partial charge in [-0.15, -0.1) is 0 Å². The summed E-state index contributed by atoms with van der Waals surface area (Å²) in [4.78, 5) is 11.4. The molecule has 0 unspecified atom stereocenters. The Morgan fingerprint density at radius 2 is 1.54 bits per heavy atom. The van der Waals surface area contributed by atoms with Crippen LogP contribution in [0.1, 0.15) is 15.9 Å². The van der Waals surface area contributed by atoms with Crippen molar-refractivity contribution in [1.82, 2.24) is 4.72 Å². The third-order valence-corrected chi connectivity index (χ3v) is 6.65. The van der Waals surface area contributed by atoms with Crippen LogP contribution in [0.4, 0.5) is 5.69 Å². The maximum absolute atomic E-state index is 12.8. The molecule has 26 heavy (non-hydrogen) atoms. The van der Waals surface area contributed by atoms with Gasteiger partial charge in [0.25, 0.3) is 10.0 Å². The lowest BCUT2D eigenvalue weighted by atomic mass is 10.1. The van der Waals surface area contributed by atoms with Crippen LogP contribution in [0.3, 0.4) is 0 Å². The molecule has 140 valence electrons. The topological polar surface area (TPSA) is 119 Å². The van der Waals surface area contributed by atoms with Crippen molar-refractivity contribution < 1.29 is 26.4 Å². The molecule has 0 atom stereocenters. The first-order valence-electron chi connectivity index (χ1n) is 7.37. The highest BCUT2D eigenvalue weighted by molar-refractivity contribution is 7.93. The van der Waals surface area contributed by atoms with Crippen LogP contribution in [0.15, 0.2) is 52.3 Å². The van der Waals surface area contributed by atoms with Crippen molar-refractivity contribution in [2.24, 2.45) is 0 Å². The Hall–Kier alpha value is -2.43. The number of hydrogen-bond donors (Lipinski definition) is 2. The zero-order chi connectivity index (χ0) is 19.5. The van der Waals surface area contributed by atoms with E-state index in [9.17, 15) is 21.6 Å². The number of anilines is 1. The van der Waals surface area contributed by atoms with Crippen LogP contribution in [0.25, 0.3) is 0 Å². The molecule has 0 heterocycles. The number of benzene rings is 2. The maximum atomic E-state index is 12.8. The fourth-order valence-electron chi connectivity index (χ4n) is 2.33. The molecule has 8 nitrogen and oxygen atoms in total. The molecule has 0 amide bonds. The highest BCUT2D eigenvalue weighted by Gasteiger charge is 2.24. The predicted octanol–water partition coefficient (Wildman–Crippen LogP) is 1.49. The van der Waals surface area contributed by atoms with Crippen LogP contribution in [0, 0.1) is 6.92 Å². The first-order valence-corrected chi connectivity index (χ1v) is 10.3. The second-order valence-electron chi connectivity index (χ2n) is 5.23. The summed E-state index contributed by atoms with van der Waals surface area (Å²) in [5.41, 5.74) is 0.192. The molecule has 2 rings (SSSR count). The number of carbonyl (C=O) groups excluding carboxylic acids is 1. The van der Waals surface area contributed by atoms with Crippen LogP contribution in [-0.4, -0.2) is 37.0 Å². The first-order chi connectivity index (χ1) is 12.1. The van der Waals surface area contributed by atoms with E-state index >= 15 is 0 Å². The number of hydrogen-bond acceptors (Lipinski definition) is 6. The van der Waals surface area contributed by atoms with Crippen molar-refractivity contribution in [3.8, 4) is 0 Å². The van der Waals surface area contributed by atoms with Gasteiger partial charge in [0.1, 0.15) is 4.90 Å². The summed E-state index contributed by atoms with van der Waals surface area (Å²) in [6.45, 7) is 1.47. The van der Waals surface area contributed by atoms with Crippen LogP contribution >= 0.6 is 0 Å². The molecule has 2 aromatic carbocycles. The highest BCUT2D eigenvalue weighted by Crippen LogP contribution is 2.26. The Labute approximate surface area is 152 Å². The Kier molecular flexibility index (Phi) is 5.69. The van der Waals surface area contributed by atoms with Crippen molar-refractivity contribution in [3.63, 3.8) is 0 Å². The fourth-order valence-corrected chi connectivity index (χ4v) is 4.63. The van der Waals surface area contributed by atoms with Gasteiger partial charge in [0, 0.05) is 0 Å². The largest absolute Gasteiger partial charge is 0.465 e. The summed E-state index contributed by atoms with van der Waals surface area (Å²) in [5, 5.41) is 0. The van der Waals surface area contributed by atoms with Crippen LogP contribution in [0.5, 0.6) is 0 Å². The zero-order valence-electron chi connectivity index (χ0n) is 14.3. The number of carbonyl (C=O) groups is 1. The monoisotopic (exact) mass is 398 g/mol. The van der Waals surface area contributed by atoms with E-state index in [0.29, 0.717) is 0 Å². The van der Waals surface area contributed by atoms with Crippen LogP contribution < -0.4 is 9.44 Å². The van der Waals surface area contributed by atoms with Gasteiger partial charge in [-0.2, -0.15) is 0 Å². The number of rotatable bonds is 6. The maximum Gasteiger partial charge on any atom is 0.338 e. The van der Waals surface area contributed by atoms with E-state index < -0.39 is 26.0 Å². The van der Waals surface area contributed by atoms with Crippen molar-refractivity contribution >= 4 is 31.7 Å². The van der Waals surface area contributed by atoms with Gasteiger partial charge < -0.3 is 4.74 Å². The number of methoxy groups -OCH3 is 1. The molecule has 0 saturated carbocycles. The Bertz CT molecular complexity index is 1050. The van der Waals surface area contributed by atoms with Gasteiger partial charge in [-0.3, -0.25) is 4.72 Å². The Morgan fingerprint density at radius 3 is 2.15 bits per heavy atom. The molecule has 0 saturated heterocycles. The van der Waals surface area contributed by atoms with Crippen LogP contribution in [-0.2, 0) is 24.8 Å². The van der Waals surface area contributed by atoms with Gasteiger partial charge >= 0.3 is 5.97 Å². The fraction of sp³-hybridized carbons (Fsp3) is 0.188. The summed E-state index contributed by atoms with van der Waals surface area (Å²) >= 11 is 0. The van der Waals surface area contributed by atoms with E-state index in [1.54, 1.807) is 0 Å². The second-order valence-corrected chi connectivity index (χ2v) is 8.74. The van der Waals surface area contributed by atoms with Crippen molar-refractivity contribution in [2.75, 3.05) is 18.9 Å². The van der Waals surface area contributed by atoms with Gasteiger partial charge in [-0.1, -0.05) is 18.2 Å². The second kappa shape index (κ2) is 7.44. The molecule has 0 aliphatic carbocycles. The third-order valence-electron chi connectivity index (χ3n) is 3.67. The van der Waals surface area contributed by atoms with E-state index in [2.05, 4.69) is 14.2 Å². The van der Waals surface area contributed by atoms with E-state index in [-0.39, 0.29) is 26.6 Å². The third kappa shape index (κ3) is 3.87. The van der Waals surface area contributed by atoms with Gasteiger partial charge in [-0.25, -0.2) is 26.4 Å². The van der Waals surface area contributed by atoms with Gasteiger partial charge in [0.05, 0.1) is 23.3 Å². The Balaban J connectivity index is 2.55. The SMILES string of the molecule is CNS(=O)(=O)c1ccccc1NS(=O)(=O)c1cccc(C(=O)OC)c1C. The molecule has 0 aliphatic heterocycles. The first kappa shape index (κ1) is 19.9. The number of esters is 1. The molecule has 0 radical (unpaired) electrons. The highest BCUT2D eigenvalue weighted by atomic mass is 32.2. The molecule has 10 heteroatoms. The quantitative estimate of drug-likeness (QED) is 0.712. The number of sulfonamides is 2. The molecular formula is C16H18N2O6S2. The lowest BCUT2D eigenvalue weighted by Crippen LogP contribution is -2.22. The minimum absolute atomic E-state index is 0.103. The van der Waals surface area contributed by atoms with Gasteiger partial charge in [0.15, 0.2) is 0 Å². The Morgan fingerprint density at radius 1 is 0.923 bits per heavy atom. The van der Waals surface area contributed by atoms with Crippen molar-refractivity contribution in [2.45, 2.75) is 16.7 Å². The zero-order valence-corrected chi connectivity index (χ0v) is 15.9. The summed E-state index contributed by atoms with van der Waals surface area (Å²) < 4.78 is 58.8. The molecular weight excluding hydrogens is 380 g/mol. The van der Waals surface area contributed by atoms with Crippen molar-refractivity contribution in [1.29, 1.82) is 0 Å². The average molecular weight is 398 g/mol. The number of ether oxygens (including phenoxy) is 1. The summed E-state index contributed by atoms with van der Waals surface area (Å²) in [7, 11) is -5.60. The molecule has 0 fully saturated rings. The summed E-state index contributed by atoms with van der Waals surface area (Å²) in [5.74, 6) is -0.669. The summed E-state index contributed by atoms with van der Waals surface area (Å²) in [6, 6.07) is 9.76. The smallest absolute Gasteiger partial charge is 0.338 e. The molecule has 0 aliphatic rings. The number of para-hydroxylation sites is 1. The average Bonchev–Trinajstić information content (AvgIpc) is 2.61. The lowest BCUT2D eigenvalue weighted by Gasteiger charge is -2.15. The lowest BCUT2D eigenvalue weighted by molar-refractivity contribution is 0.0599. The summed E-state index contributed by atoms with van der Waals surface area (Å²) in [6.07, 6.45) is 0. The normalized spacial score (nSPS) is 11.8. The standard InChI is InChI=1S/C16H18N2O6S2/c1-11-12(16(19)24-3)7-6-10-14(11)26(22,23)18-13-8-4-5-9-15(13)25(20,21)17-2/h4-10,17-18H,1-3H3. The molecule has 0 aromatic heterocycles. The van der Waals surface area contributed by atoms with E-state index in [0.717, 1.165) is 0 Å². The molecule has 0 bridgehead atoms. The van der Waals surface area contributed by atoms with Crippen molar-refractivity contribution in [3.05, 3.63) is 53.6 Å². The minimum atomic E-state index is -4.15. The number of nitrogens with one attached hydrogen (secondary N) is 2.